The third-order valence-corrected chi connectivity index (χ3v) is 3.77. The van der Waals surface area contributed by atoms with E-state index in [1.54, 1.807) is 7.05 Å². The molecule has 6 heteroatoms. The summed E-state index contributed by atoms with van der Waals surface area (Å²) in [5, 5.41) is 2.29. The fourth-order valence-corrected chi connectivity index (χ4v) is 2.70. The first-order valence-electron chi connectivity index (χ1n) is 6.50. The molecule has 0 spiro atoms. The molecule has 1 atom stereocenters. The van der Waals surface area contributed by atoms with Gasteiger partial charge in [-0.15, -0.1) is 0 Å². The molecule has 0 aliphatic carbocycles. The lowest BCUT2D eigenvalue weighted by atomic mass is 10.1. The molecule has 2 amide bonds. The highest BCUT2D eigenvalue weighted by Crippen LogP contribution is 2.23. The van der Waals surface area contributed by atoms with Crippen molar-refractivity contribution >= 4 is 22.8 Å². The zero-order chi connectivity index (χ0) is 14.4. The maximum atomic E-state index is 12.4. The zero-order valence-corrected chi connectivity index (χ0v) is 11.3. The van der Waals surface area contributed by atoms with Gasteiger partial charge in [-0.25, -0.2) is 4.79 Å². The maximum absolute atomic E-state index is 12.4. The number of benzene rings is 1. The van der Waals surface area contributed by atoms with E-state index in [-0.39, 0.29) is 18.0 Å². The van der Waals surface area contributed by atoms with E-state index in [0.717, 1.165) is 16.6 Å². The number of nitrogens with one attached hydrogen (secondary N) is 1. The Bertz CT molecular complexity index is 785. The number of imide groups is 1. The van der Waals surface area contributed by atoms with E-state index in [0.29, 0.717) is 6.42 Å². The van der Waals surface area contributed by atoms with Gasteiger partial charge in [0.05, 0.1) is 11.0 Å². The van der Waals surface area contributed by atoms with Gasteiger partial charge in [0.2, 0.25) is 11.8 Å². The highest BCUT2D eigenvalue weighted by molar-refractivity contribution is 6.00. The summed E-state index contributed by atoms with van der Waals surface area (Å²) in [6, 6.07) is 5.05. The fourth-order valence-electron chi connectivity index (χ4n) is 2.70. The molecule has 1 aromatic carbocycles. The fraction of sp³-hybridized carbons (Fsp3) is 0.357. The van der Waals surface area contributed by atoms with Crippen LogP contribution in [0, 0.1) is 6.92 Å². The Balaban J connectivity index is 2.21. The largest absolute Gasteiger partial charge is 0.329 e. The average molecular weight is 273 g/mol. The van der Waals surface area contributed by atoms with Crippen molar-refractivity contribution in [2.24, 2.45) is 7.05 Å². The van der Waals surface area contributed by atoms with Crippen molar-refractivity contribution in [2.45, 2.75) is 25.8 Å². The lowest BCUT2D eigenvalue weighted by Crippen LogP contribution is -2.44. The second-order valence-electron chi connectivity index (χ2n) is 5.17. The Morgan fingerprint density at radius 2 is 1.95 bits per heavy atom. The van der Waals surface area contributed by atoms with Crippen LogP contribution in [0.15, 0.2) is 23.0 Å². The molecular weight excluding hydrogens is 258 g/mol. The van der Waals surface area contributed by atoms with Gasteiger partial charge in [0.15, 0.2) is 0 Å². The van der Waals surface area contributed by atoms with Gasteiger partial charge >= 0.3 is 5.69 Å². The second kappa shape index (κ2) is 4.33. The molecule has 104 valence electrons. The van der Waals surface area contributed by atoms with Crippen molar-refractivity contribution in [3.8, 4) is 0 Å². The van der Waals surface area contributed by atoms with Crippen LogP contribution >= 0.6 is 0 Å². The van der Waals surface area contributed by atoms with Gasteiger partial charge in [-0.05, 0) is 31.0 Å². The van der Waals surface area contributed by atoms with Crippen LogP contribution in [-0.4, -0.2) is 20.9 Å². The molecule has 0 saturated carbocycles. The van der Waals surface area contributed by atoms with Crippen molar-refractivity contribution in [1.29, 1.82) is 0 Å². The maximum Gasteiger partial charge on any atom is 0.329 e. The predicted octanol–water partition coefficient (Wildman–Crippen LogP) is 0.626. The van der Waals surface area contributed by atoms with Crippen molar-refractivity contribution in [1.82, 2.24) is 14.5 Å². The van der Waals surface area contributed by atoms with Crippen LogP contribution in [-0.2, 0) is 16.6 Å². The molecule has 1 N–H and O–H groups in total. The Kier molecular flexibility index (Phi) is 2.74. The van der Waals surface area contributed by atoms with E-state index in [1.165, 1.54) is 9.13 Å². The minimum Gasteiger partial charge on any atom is -0.295 e. The molecule has 1 aliphatic rings. The van der Waals surface area contributed by atoms with Crippen LogP contribution in [0.25, 0.3) is 11.0 Å². The van der Waals surface area contributed by atoms with Crippen LogP contribution < -0.4 is 11.0 Å². The number of aryl methyl sites for hydroxylation is 2. The second-order valence-corrected chi connectivity index (χ2v) is 5.17. The number of carbonyl (C=O) groups is 2. The van der Waals surface area contributed by atoms with Gasteiger partial charge in [-0.3, -0.25) is 24.0 Å². The number of amides is 2. The number of rotatable bonds is 1. The van der Waals surface area contributed by atoms with E-state index in [9.17, 15) is 14.4 Å². The van der Waals surface area contributed by atoms with Gasteiger partial charge in [0.25, 0.3) is 0 Å². The Morgan fingerprint density at radius 1 is 1.20 bits per heavy atom. The third-order valence-electron chi connectivity index (χ3n) is 3.77. The molecule has 1 aliphatic heterocycles. The van der Waals surface area contributed by atoms with E-state index in [1.807, 2.05) is 25.1 Å². The molecule has 3 rings (SSSR count). The summed E-state index contributed by atoms with van der Waals surface area (Å²) in [5.74, 6) is -0.688. The monoisotopic (exact) mass is 273 g/mol. The summed E-state index contributed by atoms with van der Waals surface area (Å²) < 4.78 is 3.02. The van der Waals surface area contributed by atoms with Gasteiger partial charge in [-0.2, -0.15) is 0 Å². The molecule has 1 aromatic heterocycles. The number of hydrogen-bond acceptors (Lipinski definition) is 3. The number of imidazole rings is 1. The number of nitrogens with zero attached hydrogens (tertiary/aromatic N) is 2. The standard InChI is InChI=1S/C14H15N3O3/c1-8-3-4-9-11(7-8)16(2)14(20)17(9)10-5-6-12(18)15-13(10)19/h3-4,7,10H,5-6H2,1-2H3,(H,15,18,19). The minimum atomic E-state index is -0.619. The van der Waals surface area contributed by atoms with Crippen LogP contribution in [0.2, 0.25) is 0 Å². The first-order chi connectivity index (χ1) is 9.49. The number of fused-ring (bicyclic) bond motifs is 1. The highest BCUT2D eigenvalue weighted by Gasteiger charge is 2.31. The lowest BCUT2D eigenvalue weighted by Gasteiger charge is -2.21. The lowest BCUT2D eigenvalue weighted by molar-refractivity contribution is -0.135. The minimum absolute atomic E-state index is 0.236. The third kappa shape index (κ3) is 1.76. The quantitative estimate of drug-likeness (QED) is 0.774. The van der Waals surface area contributed by atoms with Gasteiger partial charge in [0.1, 0.15) is 6.04 Å². The van der Waals surface area contributed by atoms with E-state index >= 15 is 0 Å². The van der Waals surface area contributed by atoms with Crippen LogP contribution in [0.1, 0.15) is 24.4 Å². The average Bonchev–Trinajstić information content (AvgIpc) is 2.63. The molecule has 1 fully saturated rings. The summed E-state index contributed by atoms with van der Waals surface area (Å²) in [4.78, 5) is 35.6. The molecule has 20 heavy (non-hydrogen) atoms. The van der Waals surface area contributed by atoms with Gasteiger partial charge < -0.3 is 0 Å². The normalized spacial score (nSPS) is 19.4. The van der Waals surface area contributed by atoms with Gasteiger partial charge in [-0.1, -0.05) is 6.07 Å². The Hall–Kier alpha value is -2.37. The molecule has 0 bridgehead atoms. The van der Waals surface area contributed by atoms with Crippen LogP contribution in [0.3, 0.4) is 0 Å². The molecule has 2 heterocycles. The molecule has 1 unspecified atom stereocenters. The molecular formula is C14H15N3O3. The topological polar surface area (TPSA) is 73.1 Å². The van der Waals surface area contributed by atoms with Crippen molar-refractivity contribution in [3.05, 3.63) is 34.2 Å². The van der Waals surface area contributed by atoms with Crippen LogP contribution in [0.5, 0.6) is 0 Å². The number of hydrogen-bond donors (Lipinski definition) is 1. The Morgan fingerprint density at radius 3 is 2.65 bits per heavy atom. The summed E-state index contributed by atoms with van der Waals surface area (Å²) >= 11 is 0. The van der Waals surface area contributed by atoms with Crippen molar-refractivity contribution < 1.29 is 9.59 Å². The molecule has 2 aromatic rings. The number of aromatic nitrogens is 2. The van der Waals surface area contributed by atoms with Crippen molar-refractivity contribution in [2.75, 3.05) is 0 Å². The summed E-state index contributed by atoms with van der Waals surface area (Å²) in [6.07, 6.45) is 0.614. The summed E-state index contributed by atoms with van der Waals surface area (Å²) in [6.45, 7) is 1.95. The highest BCUT2D eigenvalue weighted by atomic mass is 16.2. The SMILES string of the molecule is Cc1ccc2c(c1)n(C)c(=O)n2C1CCC(=O)NC1=O. The molecule has 0 radical (unpaired) electrons. The number of carbonyl (C=O) groups excluding carboxylic acids is 2. The zero-order valence-electron chi connectivity index (χ0n) is 11.3. The smallest absolute Gasteiger partial charge is 0.295 e. The Labute approximate surface area is 115 Å². The van der Waals surface area contributed by atoms with E-state index in [4.69, 9.17) is 0 Å². The van der Waals surface area contributed by atoms with Crippen molar-refractivity contribution in [3.63, 3.8) is 0 Å². The summed E-state index contributed by atoms with van der Waals surface area (Å²) in [5.41, 5.74) is 2.32. The first kappa shape index (κ1) is 12.7. The first-order valence-corrected chi connectivity index (χ1v) is 6.50. The molecule has 1 saturated heterocycles. The van der Waals surface area contributed by atoms with Gasteiger partial charge in [0, 0.05) is 13.5 Å². The summed E-state index contributed by atoms with van der Waals surface area (Å²) in [7, 11) is 1.69. The van der Waals surface area contributed by atoms with E-state index in [2.05, 4.69) is 5.32 Å². The molecule has 6 nitrogen and oxygen atoms in total. The number of piperidine rings is 1. The predicted molar refractivity (Wildman–Crippen MR) is 73.3 cm³/mol. The van der Waals surface area contributed by atoms with E-state index < -0.39 is 11.9 Å². The van der Waals surface area contributed by atoms with Crippen LogP contribution in [0.4, 0.5) is 0 Å².